The minimum Gasteiger partial charge on any atom is -0.465 e. The van der Waals surface area contributed by atoms with Crippen LogP contribution < -0.4 is 5.32 Å². The standard InChI is InChI=1S/C16H18F2N2O3/c1-16(3-2-4-16)20(15(22)23)8-9-5-10(13(17)18)12-7-19-14(21)11(12)6-9/h5-6,13H,2-4,7-8H2,1H3,(H,19,21)(H,22,23). The van der Waals surface area contributed by atoms with Gasteiger partial charge in [0.25, 0.3) is 12.3 Å². The van der Waals surface area contributed by atoms with E-state index in [1.54, 1.807) is 0 Å². The van der Waals surface area contributed by atoms with E-state index in [1.807, 2.05) is 6.92 Å². The number of nitrogens with one attached hydrogen (secondary N) is 1. The molecule has 7 heteroatoms. The third-order valence-corrected chi connectivity index (χ3v) is 4.90. The van der Waals surface area contributed by atoms with Gasteiger partial charge in [-0.3, -0.25) is 9.69 Å². The van der Waals surface area contributed by atoms with Crippen LogP contribution in [0.2, 0.25) is 0 Å². The van der Waals surface area contributed by atoms with E-state index in [0.717, 1.165) is 19.3 Å². The quantitative estimate of drug-likeness (QED) is 0.893. The van der Waals surface area contributed by atoms with Crippen molar-refractivity contribution in [1.82, 2.24) is 10.2 Å². The van der Waals surface area contributed by atoms with Gasteiger partial charge in [-0.25, -0.2) is 13.6 Å². The van der Waals surface area contributed by atoms with Gasteiger partial charge >= 0.3 is 6.09 Å². The minimum absolute atomic E-state index is 0.00606. The fourth-order valence-corrected chi connectivity index (χ4v) is 3.34. The lowest BCUT2D eigenvalue weighted by Gasteiger charge is -2.46. The first-order valence-electron chi connectivity index (χ1n) is 7.54. The Morgan fingerprint density at radius 3 is 2.65 bits per heavy atom. The fraction of sp³-hybridized carbons (Fsp3) is 0.500. The van der Waals surface area contributed by atoms with Crippen LogP contribution in [0.15, 0.2) is 12.1 Å². The summed E-state index contributed by atoms with van der Waals surface area (Å²) < 4.78 is 26.5. The maximum Gasteiger partial charge on any atom is 0.408 e. The third-order valence-electron chi connectivity index (χ3n) is 4.90. The van der Waals surface area contributed by atoms with Gasteiger partial charge in [-0.05, 0) is 49.4 Å². The van der Waals surface area contributed by atoms with Gasteiger partial charge in [0.1, 0.15) is 0 Å². The van der Waals surface area contributed by atoms with Gasteiger partial charge in [-0.2, -0.15) is 0 Å². The summed E-state index contributed by atoms with van der Waals surface area (Å²) in [6.07, 6.45) is -1.31. The molecule has 23 heavy (non-hydrogen) atoms. The number of fused-ring (bicyclic) bond motifs is 1. The Bertz CT molecular complexity index is 672. The Kier molecular flexibility index (Phi) is 3.74. The summed E-state index contributed by atoms with van der Waals surface area (Å²) in [5, 5.41) is 12.0. The molecule has 5 nitrogen and oxygen atoms in total. The monoisotopic (exact) mass is 324 g/mol. The smallest absolute Gasteiger partial charge is 0.408 e. The van der Waals surface area contributed by atoms with Gasteiger partial charge < -0.3 is 10.4 Å². The zero-order chi connectivity index (χ0) is 16.8. The van der Waals surface area contributed by atoms with E-state index in [-0.39, 0.29) is 30.1 Å². The number of halogens is 2. The second-order valence-electron chi connectivity index (χ2n) is 6.41. The van der Waals surface area contributed by atoms with Gasteiger partial charge in [0.05, 0.1) is 0 Å². The van der Waals surface area contributed by atoms with Crippen LogP contribution in [0.25, 0.3) is 0 Å². The number of hydrogen-bond donors (Lipinski definition) is 2. The van der Waals surface area contributed by atoms with Crippen LogP contribution in [0.3, 0.4) is 0 Å². The molecule has 1 fully saturated rings. The average Bonchev–Trinajstić information content (AvgIpc) is 2.83. The fourth-order valence-electron chi connectivity index (χ4n) is 3.34. The van der Waals surface area contributed by atoms with E-state index in [2.05, 4.69) is 5.32 Å². The molecule has 0 aromatic heterocycles. The highest BCUT2D eigenvalue weighted by Gasteiger charge is 2.41. The van der Waals surface area contributed by atoms with Crippen molar-refractivity contribution in [3.8, 4) is 0 Å². The maximum atomic E-state index is 13.3. The van der Waals surface area contributed by atoms with Crippen molar-refractivity contribution < 1.29 is 23.5 Å². The molecule has 0 atom stereocenters. The maximum absolute atomic E-state index is 13.3. The molecule has 0 spiro atoms. The molecule has 0 unspecified atom stereocenters. The molecule has 1 aliphatic heterocycles. The number of hydrogen-bond acceptors (Lipinski definition) is 2. The van der Waals surface area contributed by atoms with Crippen molar-refractivity contribution in [1.29, 1.82) is 0 Å². The molecule has 1 aromatic rings. The number of nitrogens with zero attached hydrogens (tertiary/aromatic N) is 1. The number of carbonyl (C=O) groups is 2. The van der Waals surface area contributed by atoms with Gasteiger partial charge in [0, 0.05) is 29.8 Å². The number of carboxylic acid groups (broad SMARTS) is 1. The first-order valence-corrected chi connectivity index (χ1v) is 7.54. The second kappa shape index (κ2) is 5.47. The van der Waals surface area contributed by atoms with Gasteiger partial charge in [0.2, 0.25) is 0 Å². The van der Waals surface area contributed by atoms with E-state index in [4.69, 9.17) is 0 Å². The highest BCUT2D eigenvalue weighted by molar-refractivity contribution is 5.99. The number of alkyl halides is 2. The summed E-state index contributed by atoms with van der Waals surface area (Å²) >= 11 is 0. The minimum atomic E-state index is -2.70. The lowest BCUT2D eigenvalue weighted by molar-refractivity contribution is 0.0307. The Balaban J connectivity index is 1.96. The van der Waals surface area contributed by atoms with Crippen LogP contribution >= 0.6 is 0 Å². The van der Waals surface area contributed by atoms with E-state index in [0.29, 0.717) is 11.1 Å². The van der Waals surface area contributed by atoms with Gasteiger partial charge in [-0.15, -0.1) is 0 Å². The number of amides is 2. The molecular weight excluding hydrogens is 306 g/mol. The lowest BCUT2D eigenvalue weighted by atomic mass is 9.77. The van der Waals surface area contributed by atoms with Crippen LogP contribution in [0.1, 0.15) is 59.7 Å². The van der Waals surface area contributed by atoms with Gasteiger partial charge in [0.15, 0.2) is 0 Å². The van der Waals surface area contributed by atoms with Crippen molar-refractivity contribution in [2.45, 2.75) is 51.2 Å². The Morgan fingerprint density at radius 2 is 2.13 bits per heavy atom. The Morgan fingerprint density at radius 1 is 1.43 bits per heavy atom. The third kappa shape index (κ3) is 2.64. The summed E-state index contributed by atoms with van der Waals surface area (Å²) in [7, 11) is 0. The van der Waals surface area contributed by atoms with Crippen LogP contribution in [0.5, 0.6) is 0 Å². The molecule has 1 heterocycles. The van der Waals surface area contributed by atoms with Crippen molar-refractivity contribution in [3.05, 3.63) is 34.4 Å². The second-order valence-corrected chi connectivity index (χ2v) is 6.41. The summed E-state index contributed by atoms with van der Waals surface area (Å²) in [4.78, 5) is 24.6. The van der Waals surface area contributed by atoms with Crippen molar-refractivity contribution >= 4 is 12.0 Å². The first kappa shape index (κ1) is 15.7. The number of carbonyl (C=O) groups excluding carboxylic acids is 1. The Labute approximate surface area is 132 Å². The molecule has 0 saturated heterocycles. The topological polar surface area (TPSA) is 69.6 Å². The molecular formula is C16H18F2N2O3. The van der Waals surface area contributed by atoms with E-state index in [9.17, 15) is 23.5 Å². The number of rotatable bonds is 4. The van der Waals surface area contributed by atoms with E-state index >= 15 is 0 Å². The SMILES string of the molecule is CC1(N(Cc2cc3c(c(C(F)F)c2)CNC3=O)C(=O)O)CCC1. The molecule has 1 aliphatic carbocycles. The van der Waals surface area contributed by atoms with Crippen LogP contribution in [0.4, 0.5) is 13.6 Å². The van der Waals surface area contributed by atoms with Crippen LogP contribution in [-0.4, -0.2) is 27.5 Å². The highest BCUT2D eigenvalue weighted by atomic mass is 19.3. The zero-order valence-electron chi connectivity index (χ0n) is 12.7. The molecule has 1 saturated carbocycles. The normalized spacial score (nSPS) is 18.3. The molecule has 2 amide bonds. The van der Waals surface area contributed by atoms with Crippen molar-refractivity contribution in [3.63, 3.8) is 0 Å². The predicted octanol–water partition coefficient (Wildman–Crippen LogP) is 3.29. The van der Waals surface area contributed by atoms with Crippen LogP contribution in [-0.2, 0) is 13.1 Å². The van der Waals surface area contributed by atoms with E-state index < -0.39 is 18.1 Å². The van der Waals surface area contributed by atoms with Gasteiger partial charge in [-0.1, -0.05) is 0 Å². The first-order chi connectivity index (χ1) is 10.8. The predicted molar refractivity (Wildman–Crippen MR) is 78.4 cm³/mol. The average molecular weight is 324 g/mol. The summed E-state index contributed by atoms with van der Waals surface area (Å²) in [6, 6.07) is 2.85. The summed E-state index contributed by atoms with van der Waals surface area (Å²) in [6.45, 7) is 1.96. The van der Waals surface area contributed by atoms with Crippen molar-refractivity contribution in [2.24, 2.45) is 0 Å². The summed E-state index contributed by atoms with van der Waals surface area (Å²) in [5.74, 6) is -0.388. The van der Waals surface area contributed by atoms with Crippen molar-refractivity contribution in [2.75, 3.05) is 0 Å². The Hall–Kier alpha value is -2.18. The zero-order valence-corrected chi connectivity index (χ0v) is 12.7. The molecule has 3 rings (SSSR count). The molecule has 0 radical (unpaired) electrons. The molecule has 124 valence electrons. The van der Waals surface area contributed by atoms with E-state index in [1.165, 1.54) is 17.0 Å². The molecule has 2 N–H and O–H groups in total. The molecule has 0 bridgehead atoms. The highest BCUT2D eigenvalue weighted by Crippen LogP contribution is 2.39. The summed E-state index contributed by atoms with van der Waals surface area (Å²) in [5.41, 5.74) is 0.303. The lowest BCUT2D eigenvalue weighted by Crippen LogP contribution is -2.53. The molecule has 1 aromatic carbocycles. The number of benzene rings is 1. The molecule has 2 aliphatic rings. The largest absolute Gasteiger partial charge is 0.465 e. The van der Waals surface area contributed by atoms with Crippen LogP contribution in [0, 0.1) is 0 Å².